The Morgan fingerprint density at radius 3 is 2.64 bits per heavy atom. The number of unbranched alkanes of at least 4 members (excludes halogenated alkanes) is 1. The smallest absolute Gasteiger partial charge is 0.338 e. The number of benzene rings is 1. The molecule has 0 saturated carbocycles. The summed E-state index contributed by atoms with van der Waals surface area (Å²) in [5.74, 6) is -1.21. The maximum Gasteiger partial charge on any atom is 0.338 e. The minimum Gasteiger partial charge on any atom is -0.456 e. The molecule has 1 aliphatic rings. The zero-order valence-corrected chi connectivity index (χ0v) is 13.9. The molecule has 0 radical (unpaired) electrons. The highest BCUT2D eigenvalue weighted by Gasteiger charge is 2.35. The molecule has 0 bridgehead atoms. The molecule has 6 nitrogen and oxygen atoms in total. The molecule has 2 aromatic rings. The van der Waals surface area contributed by atoms with Gasteiger partial charge in [-0.2, -0.15) is 0 Å². The Labute approximate surface area is 145 Å². The van der Waals surface area contributed by atoms with Crippen molar-refractivity contribution < 1.29 is 19.1 Å². The molecule has 3 rings (SSSR count). The molecule has 2 heterocycles. The van der Waals surface area contributed by atoms with Gasteiger partial charge >= 0.3 is 5.97 Å². The lowest BCUT2D eigenvalue weighted by Gasteiger charge is -2.12. The first-order valence-corrected chi connectivity index (χ1v) is 8.19. The van der Waals surface area contributed by atoms with Crippen molar-refractivity contribution >= 4 is 17.8 Å². The zero-order chi connectivity index (χ0) is 17.8. The van der Waals surface area contributed by atoms with Crippen LogP contribution in [0.2, 0.25) is 0 Å². The lowest BCUT2D eigenvalue weighted by Crippen LogP contribution is -2.30. The summed E-state index contributed by atoms with van der Waals surface area (Å²) in [7, 11) is 0. The van der Waals surface area contributed by atoms with Crippen molar-refractivity contribution in [2.75, 3.05) is 6.54 Å². The van der Waals surface area contributed by atoms with Gasteiger partial charge in [0.15, 0.2) is 0 Å². The minimum absolute atomic E-state index is 0.0479. The number of aromatic nitrogens is 1. The van der Waals surface area contributed by atoms with E-state index in [1.54, 1.807) is 24.4 Å². The number of amides is 2. The van der Waals surface area contributed by atoms with Gasteiger partial charge in [0.05, 0.1) is 22.4 Å². The zero-order valence-electron chi connectivity index (χ0n) is 13.9. The molecule has 1 aromatic carbocycles. The maximum absolute atomic E-state index is 12.4. The molecular weight excluding hydrogens is 320 g/mol. The van der Waals surface area contributed by atoms with Crippen molar-refractivity contribution in [2.45, 2.75) is 26.4 Å². The van der Waals surface area contributed by atoms with Crippen LogP contribution in [0, 0.1) is 0 Å². The Hall–Kier alpha value is -3.02. The predicted octanol–water partition coefficient (Wildman–Crippen LogP) is 2.83. The summed E-state index contributed by atoms with van der Waals surface area (Å²) in [6.45, 7) is 2.43. The fraction of sp³-hybridized carbons (Fsp3) is 0.263. The molecule has 0 saturated heterocycles. The Morgan fingerprint density at radius 1 is 1.12 bits per heavy atom. The third-order valence-corrected chi connectivity index (χ3v) is 4.02. The number of nitrogens with zero attached hydrogens (tertiary/aromatic N) is 2. The topological polar surface area (TPSA) is 76.6 Å². The van der Waals surface area contributed by atoms with E-state index in [2.05, 4.69) is 4.98 Å². The second kappa shape index (κ2) is 7.25. The molecule has 0 fully saturated rings. The van der Waals surface area contributed by atoms with E-state index >= 15 is 0 Å². The molecular formula is C19H18N2O4. The van der Waals surface area contributed by atoms with Crippen LogP contribution in [0.25, 0.3) is 0 Å². The summed E-state index contributed by atoms with van der Waals surface area (Å²) in [4.78, 5) is 42.2. The number of fused-ring (bicyclic) bond motifs is 1. The van der Waals surface area contributed by atoms with Crippen LogP contribution >= 0.6 is 0 Å². The summed E-state index contributed by atoms with van der Waals surface area (Å²) in [6.07, 6.45) is 3.26. The highest BCUT2D eigenvalue weighted by Crippen LogP contribution is 2.24. The molecule has 25 heavy (non-hydrogen) atoms. The highest BCUT2D eigenvalue weighted by molar-refractivity contribution is 6.21. The molecule has 6 heteroatoms. The minimum atomic E-state index is -0.555. The second-order valence-corrected chi connectivity index (χ2v) is 5.77. The number of carbonyl (C=O) groups excluding carboxylic acids is 3. The van der Waals surface area contributed by atoms with E-state index in [0.717, 1.165) is 12.8 Å². The average Bonchev–Trinajstić information content (AvgIpc) is 2.89. The van der Waals surface area contributed by atoms with Gasteiger partial charge in [-0.15, -0.1) is 0 Å². The van der Waals surface area contributed by atoms with Crippen molar-refractivity contribution in [3.8, 4) is 0 Å². The first-order chi connectivity index (χ1) is 12.1. The highest BCUT2D eigenvalue weighted by atomic mass is 16.5. The van der Waals surface area contributed by atoms with Gasteiger partial charge in [-0.3, -0.25) is 19.5 Å². The molecule has 0 aliphatic carbocycles. The van der Waals surface area contributed by atoms with Crippen LogP contribution in [-0.4, -0.2) is 34.2 Å². The quantitative estimate of drug-likeness (QED) is 0.598. The molecule has 0 atom stereocenters. The number of imide groups is 1. The number of pyridine rings is 1. The first-order valence-electron chi connectivity index (χ1n) is 8.19. The maximum atomic E-state index is 12.4. The number of esters is 1. The third kappa shape index (κ3) is 3.42. The molecule has 2 amide bonds. The van der Waals surface area contributed by atoms with E-state index in [4.69, 9.17) is 4.74 Å². The molecule has 1 aliphatic heterocycles. The fourth-order valence-electron chi connectivity index (χ4n) is 2.64. The van der Waals surface area contributed by atoms with Crippen molar-refractivity contribution in [2.24, 2.45) is 0 Å². The number of carbonyl (C=O) groups is 3. The van der Waals surface area contributed by atoms with E-state index < -0.39 is 5.97 Å². The summed E-state index contributed by atoms with van der Waals surface area (Å²) < 4.78 is 5.22. The summed E-state index contributed by atoms with van der Waals surface area (Å²) >= 11 is 0. The van der Waals surface area contributed by atoms with Crippen LogP contribution in [0.1, 0.15) is 56.5 Å². The number of ether oxygens (including phenoxy) is 1. The molecule has 0 spiro atoms. The fourth-order valence-corrected chi connectivity index (χ4v) is 2.64. The predicted molar refractivity (Wildman–Crippen MR) is 90.1 cm³/mol. The van der Waals surface area contributed by atoms with E-state index in [0.29, 0.717) is 17.8 Å². The Morgan fingerprint density at radius 2 is 1.92 bits per heavy atom. The monoisotopic (exact) mass is 338 g/mol. The largest absolute Gasteiger partial charge is 0.456 e. The molecule has 0 unspecified atom stereocenters. The normalized spacial score (nSPS) is 13.1. The first kappa shape index (κ1) is 16.8. The average molecular weight is 338 g/mol. The van der Waals surface area contributed by atoms with Gasteiger partial charge < -0.3 is 4.74 Å². The number of hydrogen-bond donors (Lipinski definition) is 0. The Bertz CT molecular complexity index is 817. The van der Waals surface area contributed by atoms with Gasteiger partial charge in [-0.1, -0.05) is 19.4 Å². The van der Waals surface area contributed by atoms with Gasteiger partial charge in [0, 0.05) is 12.7 Å². The Kier molecular flexibility index (Phi) is 4.88. The van der Waals surface area contributed by atoms with Crippen LogP contribution in [0.3, 0.4) is 0 Å². The van der Waals surface area contributed by atoms with Crippen molar-refractivity contribution in [3.63, 3.8) is 0 Å². The van der Waals surface area contributed by atoms with E-state index in [1.165, 1.54) is 23.1 Å². The summed E-state index contributed by atoms with van der Waals surface area (Å²) in [5, 5.41) is 0. The van der Waals surface area contributed by atoms with Gasteiger partial charge in [0.1, 0.15) is 6.61 Å². The van der Waals surface area contributed by atoms with E-state index in [-0.39, 0.29) is 29.5 Å². The van der Waals surface area contributed by atoms with Crippen LogP contribution in [0.4, 0.5) is 0 Å². The summed E-state index contributed by atoms with van der Waals surface area (Å²) in [5.41, 5.74) is 1.47. The second-order valence-electron chi connectivity index (χ2n) is 5.77. The van der Waals surface area contributed by atoms with Crippen LogP contribution in [0.15, 0.2) is 42.6 Å². The van der Waals surface area contributed by atoms with Gasteiger partial charge in [-0.25, -0.2) is 4.79 Å². The van der Waals surface area contributed by atoms with E-state index in [1.807, 2.05) is 6.92 Å². The summed E-state index contributed by atoms with van der Waals surface area (Å²) in [6, 6.07) is 9.79. The number of hydrogen-bond acceptors (Lipinski definition) is 5. The van der Waals surface area contributed by atoms with Crippen LogP contribution < -0.4 is 0 Å². The Balaban J connectivity index is 1.74. The van der Waals surface area contributed by atoms with Gasteiger partial charge in [0.2, 0.25) is 0 Å². The lowest BCUT2D eigenvalue weighted by atomic mass is 10.1. The standard InChI is InChI=1S/C19H18N2O4/c1-2-3-10-21-17(22)15-8-7-13(11-16(15)18(21)23)19(24)25-12-14-6-4-5-9-20-14/h4-9,11H,2-3,10,12H2,1H3. The lowest BCUT2D eigenvalue weighted by molar-refractivity contribution is 0.0467. The molecule has 1 aromatic heterocycles. The van der Waals surface area contributed by atoms with Crippen LogP contribution in [-0.2, 0) is 11.3 Å². The third-order valence-electron chi connectivity index (χ3n) is 4.02. The SMILES string of the molecule is CCCCN1C(=O)c2ccc(C(=O)OCc3ccccn3)cc2C1=O. The molecule has 0 N–H and O–H groups in total. The van der Waals surface area contributed by atoms with Gasteiger partial charge in [-0.05, 0) is 36.8 Å². The van der Waals surface area contributed by atoms with Crippen molar-refractivity contribution in [1.82, 2.24) is 9.88 Å². The molecule has 128 valence electrons. The van der Waals surface area contributed by atoms with Crippen molar-refractivity contribution in [3.05, 3.63) is 65.0 Å². The number of rotatable bonds is 6. The van der Waals surface area contributed by atoms with Gasteiger partial charge in [0.25, 0.3) is 11.8 Å². The van der Waals surface area contributed by atoms with E-state index in [9.17, 15) is 14.4 Å². The van der Waals surface area contributed by atoms with Crippen LogP contribution in [0.5, 0.6) is 0 Å². The van der Waals surface area contributed by atoms with Crippen molar-refractivity contribution in [1.29, 1.82) is 0 Å².